The summed E-state index contributed by atoms with van der Waals surface area (Å²) in [7, 11) is 0. The second kappa shape index (κ2) is 9.80. The Labute approximate surface area is 198 Å². The Balaban J connectivity index is 1.51. The van der Waals surface area contributed by atoms with E-state index in [2.05, 4.69) is 17.4 Å². The summed E-state index contributed by atoms with van der Waals surface area (Å²) in [5, 5.41) is 3.14. The minimum Gasteiger partial charge on any atom is -0.352 e. The van der Waals surface area contributed by atoms with Crippen LogP contribution < -0.4 is 10.2 Å². The number of para-hydroxylation sites is 1. The molecule has 3 aromatic rings. The van der Waals surface area contributed by atoms with Crippen molar-refractivity contribution in [3.8, 4) is 0 Å². The van der Waals surface area contributed by atoms with Crippen LogP contribution in [0.5, 0.6) is 0 Å². The second-order valence-corrected chi connectivity index (χ2v) is 9.67. The van der Waals surface area contributed by atoms with Crippen LogP contribution in [0, 0.1) is 12.8 Å². The number of aryl methyl sites for hydroxylation is 1. The molecule has 0 bridgehead atoms. The summed E-state index contributed by atoms with van der Waals surface area (Å²) in [6, 6.07) is 23.4. The van der Waals surface area contributed by atoms with Gasteiger partial charge in [-0.05, 0) is 42.3 Å². The fourth-order valence-electron chi connectivity index (χ4n) is 3.68. The predicted octanol–water partition coefficient (Wildman–Crippen LogP) is 5.61. The maximum Gasteiger partial charge on any atom is 0.241 e. The van der Waals surface area contributed by atoms with Crippen molar-refractivity contribution in [1.29, 1.82) is 0 Å². The molecule has 0 spiro atoms. The Kier molecular flexibility index (Phi) is 6.87. The number of nitrogens with one attached hydrogen (secondary N) is 1. The van der Waals surface area contributed by atoms with Gasteiger partial charge in [0.05, 0.1) is 18.2 Å². The van der Waals surface area contributed by atoms with Gasteiger partial charge in [-0.2, -0.15) is 0 Å². The fourth-order valence-corrected chi connectivity index (χ4v) is 5.10. The van der Waals surface area contributed by atoms with Crippen LogP contribution in [0.3, 0.4) is 0 Å². The van der Waals surface area contributed by atoms with Gasteiger partial charge < -0.3 is 10.2 Å². The highest BCUT2D eigenvalue weighted by atomic mass is 35.5. The van der Waals surface area contributed by atoms with Gasteiger partial charge in [0.2, 0.25) is 11.8 Å². The Hall–Kier alpha value is -2.76. The third kappa shape index (κ3) is 5.00. The van der Waals surface area contributed by atoms with Crippen LogP contribution in [0.4, 0.5) is 5.69 Å². The summed E-state index contributed by atoms with van der Waals surface area (Å²) in [5.74, 6) is -0.655. The van der Waals surface area contributed by atoms with Crippen molar-refractivity contribution in [1.82, 2.24) is 5.32 Å². The van der Waals surface area contributed by atoms with Gasteiger partial charge in [0, 0.05) is 16.5 Å². The molecule has 1 heterocycles. The molecule has 164 valence electrons. The van der Waals surface area contributed by atoms with Crippen molar-refractivity contribution < 1.29 is 9.59 Å². The number of anilines is 1. The van der Waals surface area contributed by atoms with Crippen LogP contribution in [0.15, 0.2) is 77.7 Å². The summed E-state index contributed by atoms with van der Waals surface area (Å²) >= 11 is 7.40. The van der Waals surface area contributed by atoms with E-state index in [1.807, 2.05) is 67.3 Å². The van der Waals surface area contributed by atoms with Gasteiger partial charge in [0.15, 0.2) is 0 Å². The number of nitrogens with zero attached hydrogens (tertiary/aromatic N) is 1. The average molecular weight is 465 g/mol. The normalized spacial score (nSPS) is 16.4. The van der Waals surface area contributed by atoms with Crippen molar-refractivity contribution in [2.45, 2.75) is 37.1 Å². The lowest BCUT2D eigenvalue weighted by atomic mass is 10.0. The Morgan fingerprint density at radius 1 is 1.03 bits per heavy atom. The molecule has 0 aliphatic carbocycles. The number of rotatable bonds is 6. The number of halogens is 1. The van der Waals surface area contributed by atoms with E-state index in [1.54, 1.807) is 12.1 Å². The van der Waals surface area contributed by atoms with E-state index in [1.165, 1.54) is 17.3 Å². The molecule has 0 aromatic heterocycles. The number of hydrogen-bond donors (Lipinski definition) is 1. The van der Waals surface area contributed by atoms with Gasteiger partial charge in [-0.25, -0.2) is 0 Å². The summed E-state index contributed by atoms with van der Waals surface area (Å²) in [6.45, 7) is 4.74. The third-order valence-corrected chi connectivity index (χ3v) is 7.34. The third-order valence-electron chi connectivity index (χ3n) is 5.63. The largest absolute Gasteiger partial charge is 0.352 e. The Morgan fingerprint density at radius 3 is 2.41 bits per heavy atom. The van der Waals surface area contributed by atoms with Crippen molar-refractivity contribution in [2.75, 3.05) is 4.90 Å². The Morgan fingerprint density at radius 2 is 1.69 bits per heavy atom. The van der Waals surface area contributed by atoms with Crippen LogP contribution in [0.1, 0.15) is 23.6 Å². The SMILES string of the molecule is Cc1ccc(CN2C(=O)[C@H]([C@@H](C)C(=O)NCc3ccc(Cl)cc3)Sc3ccccc32)cc1. The number of carbonyl (C=O) groups excluding carboxylic acids is 2. The first-order valence-corrected chi connectivity index (χ1v) is 11.8. The molecular weight excluding hydrogens is 440 g/mol. The van der Waals surface area contributed by atoms with E-state index in [4.69, 9.17) is 11.6 Å². The van der Waals surface area contributed by atoms with Gasteiger partial charge in [0.25, 0.3) is 0 Å². The molecule has 0 fully saturated rings. The molecule has 1 aliphatic heterocycles. The van der Waals surface area contributed by atoms with E-state index in [9.17, 15) is 9.59 Å². The first kappa shape index (κ1) is 22.4. The molecule has 2 amide bonds. The van der Waals surface area contributed by atoms with E-state index in [-0.39, 0.29) is 11.8 Å². The van der Waals surface area contributed by atoms with Crippen LogP contribution >= 0.6 is 23.4 Å². The molecule has 3 aromatic carbocycles. The predicted molar refractivity (Wildman–Crippen MR) is 131 cm³/mol. The lowest BCUT2D eigenvalue weighted by Crippen LogP contribution is -2.47. The first-order valence-electron chi connectivity index (χ1n) is 10.6. The van der Waals surface area contributed by atoms with E-state index in [0.717, 1.165) is 21.7 Å². The van der Waals surface area contributed by atoms with Gasteiger partial charge in [0.1, 0.15) is 5.25 Å². The van der Waals surface area contributed by atoms with Crippen molar-refractivity contribution in [3.63, 3.8) is 0 Å². The number of carbonyl (C=O) groups is 2. The minimum atomic E-state index is -0.486. The van der Waals surface area contributed by atoms with Crippen LogP contribution in [0.25, 0.3) is 0 Å². The summed E-state index contributed by atoms with van der Waals surface area (Å²) in [4.78, 5) is 29.3. The molecule has 2 atom stereocenters. The monoisotopic (exact) mass is 464 g/mol. The van der Waals surface area contributed by atoms with Crippen molar-refractivity contribution >= 4 is 40.9 Å². The lowest BCUT2D eigenvalue weighted by Gasteiger charge is -2.35. The maximum atomic E-state index is 13.5. The molecule has 0 radical (unpaired) electrons. The van der Waals surface area contributed by atoms with Gasteiger partial charge in [-0.3, -0.25) is 9.59 Å². The molecule has 32 heavy (non-hydrogen) atoms. The first-order chi connectivity index (χ1) is 15.4. The van der Waals surface area contributed by atoms with E-state index < -0.39 is 11.2 Å². The van der Waals surface area contributed by atoms with Crippen LogP contribution in [-0.2, 0) is 22.7 Å². The minimum absolute atomic E-state index is 0.0385. The summed E-state index contributed by atoms with van der Waals surface area (Å²) in [6.07, 6.45) is 0. The molecule has 6 heteroatoms. The molecule has 0 unspecified atom stereocenters. The molecule has 4 nitrogen and oxygen atoms in total. The molecular formula is C26H25ClN2O2S. The fraction of sp³-hybridized carbons (Fsp3) is 0.231. The van der Waals surface area contributed by atoms with Gasteiger partial charge >= 0.3 is 0 Å². The molecule has 0 saturated carbocycles. The standard InChI is InChI=1S/C26H25ClN2O2S/c1-17-7-9-20(10-8-17)16-29-22-5-3-4-6-23(22)32-24(26(29)31)18(2)25(30)28-15-19-11-13-21(27)14-12-19/h3-14,18,24H,15-16H2,1-2H3,(H,28,30)/t18-,24+/m1/s1. The number of amides is 2. The smallest absolute Gasteiger partial charge is 0.241 e. The van der Waals surface area contributed by atoms with Gasteiger partial charge in [-0.1, -0.05) is 72.6 Å². The number of thioether (sulfide) groups is 1. The molecule has 1 N–H and O–H groups in total. The highest BCUT2D eigenvalue weighted by Crippen LogP contribution is 2.42. The topological polar surface area (TPSA) is 49.4 Å². The number of fused-ring (bicyclic) bond motifs is 1. The zero-order valence-corrected chi connectivity index (χ0v) is 19.6. The summed E-state index contributed by atoms with van der Waals surface area (Å²) < 4.78 is 0. The number of benzene rings is 3. The zero-order valence-electron chi connectivity index (χ0n) is 18.0. The van der Waals surface area contributed by atoms with Gasteiger partial charge in [-0.15, -0.1) is 11.8 Å². The maximum absolute atomic E-state index is 13.5. The Bertz CT molecular complexity index is 1120. The van der Waals surface area contributed by atoms with Crippen LogP contribution in [0.2, 0.25) is 5.02 Å². The molecule has 4 rings (SSSR count). The molecule has 1 aliphatic rings. The van der Waals surface area contributed by atoms with E-state index >= 15 is 0 Å². The van der Waals surface area contributed by atoms with Crippen molar-refractivity contribution in [2.24, 2.45) is 5.92 Å². The highest BCUT2D eigenvalue weighted by molar-refractivity contribution is 8.01. The zero-order chi connectivity index (χ0) is 22.7. The van der Waals surface area contributed by atoms with Crippen molar-refractivity contribution in [3.05, 3.63) is 94.5 Å². The number of hydrogen-bond acceptors (Lipinski definition) is 3. The second-order valence-electron chi connectivity index (χ2n) is 8.05. The average Bonchev–Trinajstić information content (AvgIpc) is 2.81. The molecule has 0 saturated heterocycles. The van der Waals surface area contributed by atoms with Crippen LogP contribution in [-0.4, -0.2) is 17.1 Å². The van der Waals surface area contributed by atoms with E-state index in [0.29, 0.717) is 18.1 Å². The highest BCUT2D eigenvalue weighted by Gasteiger charge is 2.39. The lowest BCUT2D eigenvalue weighted by molar-refractivity contribution is -0.128. The quantitative estimate of drug-likeness (QED) is 0.516. The summed E-state index contributed by atoms with van der Waals surface area (Å²) in [5.41, 5.74) is 4.10.